The molecule has 0 aromatic heterocycles. The Morgan fingerprint density at radius 1 is 1.00 bits per heavy atom. The van der Waals surface area contributed by atoms with Crippen LogP contribution in [0.4, 0.5) is 0 Å². The fourth-order valence-corrected chi connectivity index (χ4v) is 1.53. The Morgan fingerprint density at radius 3 is 1.92 bits per heavy atom. The second kappa shape index (κ2) is 2.76. The summed E-state index contributed by atoms with van der Waals surface area (Å²) in [6, 6.07) is 8.97. The molecule has 0 heterocycles. The monoisotopic (exact) mass is 159 g/mol. The minimum absolute atomic E-state index is 0.474. The molecule has 2 rings (SSSR count). The Bertz CT molecular complexity index is 355. The molecule has 1 aromatic carbocycles. The van der Waals surface area contributed by atoms with Gasteiger partial charge in [-0.3, -0.25) is 4.90 Å². The summed E-state index contributed by atoms with van der Waals surface area (Å²) in [6.07, 6.45) is 4.57. The SMILES string of the molecule is CN(C)C1C=c2ccccc2=C1. The number of fused-ring (bicyclic) bond motifs is 1. The highest BCUT2D eigenvalue weighted by atomic mass is 15.1. The van der Waals surface area contributed by atoms with Crippen LogP contribution in [0.15, 0.2) is 24.3 Å². The molecule has 0 atom stereocenters. The summed E-state index contributed by atoms with van der Waals surface area (Å²) in [7, 11) is 4.20. The first kappa shape index (κ1) is 7.56. The number of hydrogen-bond acceptors (Lipinski definition) is 1. The van der Waals surface area contributed by atoms with Gasteiger partial charge in [-0.25, -0.2) is 0 Å². The third kappa shape index (κ3) is 1.16. The normalized spacial score (nSPS) is 15.6. The topological polar surface area (TPSA) is 3.24 Å². The van der Waals surface area contributed by atoms with Crippen molar-refractivity contribution >= 4 is 12.2 Å². The van der Waals surface area contributed by atoms with E-state index in [1.165, 1.54) is 10.4 Å². The molecule has 1 aliphatic rings. The third-order valence-corrected chi connectivity index (χ3v) is 2.29. The first-order chi connectivity index (χ1) is 5.77. The highest BCUT2D eigenvalue weighted by Gasteiger charge is 2.07. The molecule has 0 bridgehead atoms. The average molecular weight is 159 g/mol. The lowest BCUT2D eigenvalue weighted by Crippen LogP contribution is -2.21. The van der Waals surface area contributed by atoms with Crippen LogP contribution >= 0.6 is 0 Å². The van der Waals surface area contributed by atoms with Crippen LogP contribution in [0.25, 0.3) is 12.2 Å². The highest BCUT2D eigenvalue weighted by molar-refractivity contribution is 5.54. The average Bonchev–Trinajstić information content (AvgIpc) is 2.46. The minimum Gasteiger partial charge on any atom is -0.299 e. The van der Waals surface area contributed by atoms with Gasteiger partial charge >= 0.3 is 0 Å². The Labute approximate surface area is 72.6 Å². The molecule has 1 aromatic rings. The third-order valence-electron chi connectivity index (χ3n) is 2.29. The maximum absolute atomic E-state index is 2.29. The molecule has 0 aliphatic heterocycles. The minimum atomic E-state index is 0.474. The Morgan fingerprint density at radius 2 is 1.50 bits per heavy atom. The van der Waals surface area contributed by atoms with Crippen molar-refractivity contribution in [1.82, 2.24) is 4.90 Å². The van der Waals surface area contributed by atoms with Crippen molar-refractivity contribution in [2.75, 3.05) is 14.1 Å². The van der Waals surface area contributed by atoms with E-state index in [0.29, 0.717) is 6.04 Å². The van der Waals surface area contributed by atoms with Gasteiger partial charge in [0, 0.05) is 6.04 Å². The lowest BCUT2D eigenvalue weighted by molar-refractivity contribution is 0.420. The maximum Gasteiger partial charge on any atom is 0.0473 e. The predicted molar refractivity (Wildman–Crippen MR) is 52.1 cm³/mol. The fraction of sp³-hybridized carbons (Fsp3) is 0.273. The van der Waals surface area contributed by atoms with Crippen LogP contribution < -0.4 is 10.4 Å². The second-order valence-corrected chi connectivity index (χ2v) is 3.42. The van der Waals surface area contributed by atoms with E-state index < -0.39 is 0 Å². The zero-order valence-electron chi connectivity index (χ0n) is 7.49. The van der Waals surface area contributed by atoms with Crippen molar-refractivity contribution in [1.29, 1.82) is 0 Å². The van der Waals surface area contributed by atoms with E-state index in [1.54, 1.807) is 0 Å². The molecule has 1 aliphatic carbocycles. The Hall–Kier alpha value is -1.08. The van der Waals surface area contributed by atoms with Gasteiger partial charge in [-0.2, -0.15) is 0 Å². The highest BCUT2D eigenvalue weighted by Crippen LogP contribution is 1.99. The van der Waals surface area contributed by atoms with Gasteiger partial charge in [0.15, 0.2) is 0 Å². The zero-order chi connectivity index (χ0) is 8.55. The van der Waals surface area contributed by atoms with Crippen LogP contribution in [-0.2, 0) is 0 Å². The van der Waals surface area contributed by atoms with Crippen molar-refractivity contribution in [2.45, 2.75) is 6.04 Å². The van der Waals surface area contributed by atoms with Crippen LogP contribution in [0.1, 0.15) is 0 Å². The first-order valence-electron chi connectivity index (χ1n) is 4.22. The molecule has 62 valence electrons. The van der Waals surface area contributed by atoms with E-state index in [2.05, 4.69) is 55.4 Å². The second-order valence-electron chi connectivity index (χ2n) is 3.42. The van der Waals surface area contributed by atoms with Crippen LogP contribution in [0.2, 0.25) is 0 Å². The summed E-state index contributed by atoms with van der Waals surface area (Å²) < 4.78 is 0. The standard InChI is InChI=1S/C11H13N/c1-12(2)11-7-9-5-3-4-6-10(9)8-11/h3-8,11H,1-2H3. The van der Waals surface area contributed by atoms with Gasteiger partial charge < -0.3 is 0 Å². The molecule has 0 saturated heterocycles. The lowest BCUT2D eigenvalue weighted by atomic mass is 10.3. The number of benzene rings is 1. The predicted octanol–water partition coefficient (Wildman–Crippen LogP) is 0.191. The quantitative estimate of drug-likeness (QED) is 0.565. The summed E-state index contributed by atoms with van der Waals surface area (Å²) >= 11 is 0. The molecule has 0 unspecified atom stereocenters. The Kier molecular flexibility index (Phi) is 1.74. The van der Waals surface area contributed by atoms with Gasteiger partial charge in [0.2, 0.25) is 0 Å². The molecule has 0 N–H and O–H groups in total. The molecule has 0 amide bonds. The fourth-order valence-electron chi connectivity index (χ4n) is 1.53. The lowest BCUT2D eigenvalue weighted by Gasteiger charge is -2.13. The summed E-state index contributed by atoms with van der Waals surface area (Å²) in [5.41, 5.74) is 0. The van der Waals surface area contributed by atoms with Gasteiger partial charge in [0.25, 0.3) is 0 Å². The maximum atomic E-state index is 2.29. The number of rotatable bonds is 1. The van der Waals surface area contributed by atoms with Crippen LogP contribution in [0.3, 0.4) is 0 Å². The molecule has 12 heavy (non-hydrogen) atoms. The van der Waals surface area contributed by atoms with Gasteiger partial charge in [-0.15, -0.1) is 0 Å². The number of hydrogen-bond donors (Lipinski definition) is 0. The molecule has 0 radical (unpaired) electrons. The molecular weight excluding hydrogens is 146 g/mol. The van der Waals surface area contributed by atoms with Gasteiger partial charge in [-0.1, -0.05) is 36.4 Å². The molecule has 1 heteroatoms. The van der Waals surface area contributed by atoms with Gasteiger partial charge in [0.1, 0.15) is 0 Å². The smallest absolute Gasteiger partial charge is 0.0473 e. The number of nitrogens with zero attached hydrogens (tertiary/aromatic N) is 1. The summed E-state index contributed by atoms with van der Waals surface area (Å²) in [5.74, 6) is 0. The van der Waals surface area contributed by atoms with E-state index in [0.717, 1.165) is 0 Å². The molecule has 0 saturated carbocycles. The summed E-state index contributed by atoms with van der Waals surface area (Å²) in [4.78, 5) is 2.21. The van der Waals surface area contributed by atoms with E-state index in [9.17, 15) is 0 Å². The van der Waals surface area contributed by atoms with Crippen molar-refractivity contribution in [3.05, 3.63) is 34.7 Å². The largest absolute Gasteiger partial charge is 0.299 e. The van der Waals surface area contributed by atoms with Crippen molar-refractivity contribution in [3.63, 3.8) is 0 Å². The zero-order valence-corrected chi connectivity index (χ0v) is 7.49. The first-order valence-corrected chi connectivity index (χ1v) is 4.22. The van der Waals surface area contributed by atoms with E-state index in [4.69, 9.17) is 0 Å². The van der Waals surface area contributed by atoms with E-state index >= 15 is 0 Å². The van der Waals surface area contributed by atoms with Crippen molar-refractivity contribution in [3.8, 4) is 0 Å². The van der Waals surface area contributed by atoms with Crippen LogP contribution in [0, 0.1) is 0 Å². The van der Waals surface area contributed by atoms with Crippen molar-refractivity contribution in [2.24, 2.45) is 0 Å². The summed E-state index contributed by atoms with van der Waals surface area (Å²) in [5, 5.41) is 2.72. The summed E-state index contributed by atoms with van der Waals surface area (Å²) in [6.45, 7) is 0. The van der Waals surface area contributed by atoms with Gasteiger partial charge in [0.05, 0.1) is 0 Å². The molecule has 0 spiro atoms. The van der Waals surface area contributed by atoms with Gasteiger partial charge in [-0.05, 0) is 24.5 Å². The molecule has 0 fully saturated rings. The molecular formula is C11H13N. The molecule has 1 nitrogen and oxygen atoms in total. The van der Waals surface area contributed by atoms with E-state index in [1.807, 2.05) is 0 Å². The van der Waals surface area contributed by atoms with E-state index in [-0.39, 0.29) is 0 Å². The van der Waals surface area contributed by atoms with Crippen LogP contribution in [-0.4, -0.2) is 25.0 Å². The van der Waals surface area contributed by atoms with Crippen molar-refractivity contribution < 1.29 is 0 Å². The Balaban J connectivity index is 2.53. The van der Waals surface area contributed by atoms with Crippen LogP contribution in [0.5, 0.6) is 0 Å².